The quantitative estimate of drug-likeness (QED) is 0.581. The van der Waals surface area contributed by atoms with Gasteiger partial charge in [0.1, 0.15) is 0 Å². The number of carboxylic acids is 1. The average molecular weight is 124 g/mol. The number of aromatic nitrogens is 1. The van der Waals surface area contributed by atoms with Gasteiger partial charge in [-0.15, -0.1) is 0 Å². The zero-order valence-electron chi connectivity index (χ0n) is 4.66. The van der Waals surface area contributed by atoms with Gasteiger partial charge in [0, 0.05) is 12.1 Å². The van der Waals surface area contributed by atoms with Crippen LogP contribution < -0.4 is 4.98 Å². The third kappa shape index (κ3) is 1.25. The van der Waals surface area contributed by atoms with Gasteiger partial charge in [-0.2, -0.15) is 0 Å². The molecule has 0 saturated heterocycles. The highest BCUT2D eigenvalue weighted by atomic mass is 16.4. The van der Waals surface area contributed by atoms with E-state index in [-0.39, 0.29) is 0 Å². The van der Waals surface area contributed by atoms with Gasteiger partial charge >= 0.3 is 5.97 Å². The summed E-state index contributed by atoms with van der Waals surface area (Å²) in [5.41, 5.74) is 0.300. The van der Waals surface area contributed by atoms with Gasteiger partial charge in [-0.1, -0.05) is 0 Å². The number of nitrogens with one attached hydrogen (secondary N) is 1. The van der Waals surface area contributed by atoms with E-state index in [2.05, 4.69) is 4.98 Å². The Labute approximate surface area is 52.0 Å². The summed E-state index contributed by atoms with van der Waals surface area (Å²) in [5, 5.41) is 8.37. The Bertz CT molecular complexity index is 208. The Hall–Kier alpha value is -1.38. The molecule has 46 valence electrons. The fourth-order valence-corrected chi connectivity index (χ4v) is 0.529. The monoisotopic (exact) mass is 124 g/mol. The van der Waals surface area contributed by atoms with Crippen LogP contribution in [0.4, 0.5) is 0 Å². The fraction of sp³-hybridized carbons (Fsp3) is 0. The number of carbonyl (C=O) groups is 1. The van der Waals surface area contributed by atoms with E-state index in [9.17, 15) is 4.79 Å². The van der Waals surface area contributed by atoms with Crippen molar-refractivity contribution in [1.29, 1.82) is 0 Å². The maximum Gasteiger partial charge on any atom is 0.336 e. The first-order chi connectivity index (χ1) is 4.30. The summed E-state index contributed by atoms with van der Waals surface area (Å²) in [4.78, 5) is 12.9. The van der Waals surface area contributed by atoms with E-state index in [4.69, 9.17) is 5.11 Å². The molecule has 0 aromatic carbocycles. The number of pyridine rings is 1. The number of aromatic carboxylic acids is 1. The minimum absolute atomic E-state index is 0.300. The van der Waals surface area contributed by atoms with Crippen LogP contribution in [-0.2, 0) is 0 Å². The van der Waals surface area contributed by atoms with Gasteiger partial charge < -0.3 is 5.11 Å². The van der Waals surface area contributed by atoms with Gasteiger partial charge in [0.05, 0.1) is 5.56 Å². The molecule has 9 heavy (non-hydrogen) atoms. The van der Waals surface area contributed by atoms with Crippen molar-refractivity contribution >= 4 is 5.97 Å². The maximum absolute atomic E-state index is 10.2. The molecule has 0 atom stereocenters. The molecule has 0 bridgehead atoms. The van der Waals surface area contributed by atoms with Crippen molar-refractivity contribution in [3.63, 3.8) is 0 Å². The van der Waals surface area contributed by atoms with Gasteiger partial charge in [-0.3, -0.25) is 0 Å². The molecule has 1 rings (SSSR count). The second-order valence-electron chi connectivity index (χ2n) is 1.59. The summed E-state index contributed by atoms with van der Waals surface area (Å²) < 4.78 is 0. The van der Waals surface area contributed by atoms with E-state index < -0.39 is 5.97 Å². The summed E-state index contributed by atoms with van der Waals surface area (Å²) in [6.07, 6.45) is 3.15. The van der Waals surface area contributed by atoms with Crippen molar-refractivity contribution in [2.75, 3.05) is 0 Å². The molecule has 0 unspecified atom stereocenters. The minimum Gasteiger partial charge on any atom is -0.478 e. The van der Waals surface area contributed by atoms with Gasteiger partial charge in [0.15, 0.2) is 12.4 Å². The average Bonchev–Trinajstić information content (AvgIpc) is 1.90. The smallest absolute Gasteiger partial charge is 0.336 e. The van der Waals surface area contributed by atoms with E-state index in [0.717, 1.165) is 0 Å². The molecule has 0 spiro atoms. The number of aromatic amines is 1. The lowest BCUT2D eigenvalue weighted by Crippen LogP contribution is -2.02. The molecule has 1 heterocycles. The normalized spacial score (nSPS) is 8.89. The van der Waals surface area contributed by atoms with Crippen LogP contribution in [0.1, 0.15) is 10.4 Å². The lowest BCUT2D eigenvalue weighted by molar-refractivity contribution is -0.378. The predicted molar refractivity (Wildman–Crippen MR) is 30.0 cm³/mol. The fourth-order valence-electron chi connectivity index (χ4n) is 0.529. The molecule has 0 saturated carbocycles. The van der Waals surface area contributed by atoms with Crippen LogP contribution in [0.25, 0.3) is 0 Å². The van der Waals surface area contributed by atoms with Crippen LogP contribution in [0.5, 0.6) is 0 Å². The molecule has 3 heteroatoms. The Kier molecular flexibility index (Phi) is 1.44. The van der Waals surface area contributed by atoms with Gasteiger partial charge in [-0.05, 0) is 0 Å². The minimum atomic E-state index is -0.899. The molecular formula is C6H6NO2+. The van der Waals surface area contributed by atoms with Gasteiger partial charge in [0.2, 0.25) is 0 Å². The summed E-state index contributed by atoms with van der Waals surface area (Å²) in [7, 11) is 0. The lowest BCUT2D eigenvalue weighted by Gasteiger charge is -1.84. The standard InChI is InChI=1S/C6H5NO2/c8-6(9)5-1-3-7-4-2-5/h1-4H,(H,8,9)/p+1. The van der Waals surface area contributed by atoms with Gasteiger partial charge in [-0.25, -0.2) is 9.78 Å². The zero-order valence-corrected chi connectivity index (χ0v) is 4.66. The topological polar surface area (TPSA) is 51.4 Å². The van der Waals surface area contributed by atoms with E-state index in [1.807, 2.05) is 0 Å². The van der Waals surface area contributed by atoms with Crippen molar-refractivity contribution in [1.82, 2.24) is 0 Å². The molecular weight excluding hydrogens is 118 g/mol. The highest BCUT2D eigenvalue weighted by molar-refractivity contribution is 5.87. The second kappa shape index (κ2) is 2.26. The van der Waals surface area contributed by atoms with Crippen LogP contribution in [0.2, 0.25) is 0 Å². The third-order valence-corrected chi connectivity index (χ3v) is 0.965. The van der Waals surface area contributed by atoms with Crippen LogP contribution in [0, 0.1) is 0 Å². The van der Waals surface area contributed by atoms with E-state index in [0.29, 0.717) is 5.56 Å². The van der Waals surface area contributed by atoms with E-state index in [1.165, 1.54) is 12.1 Å². The SMILES string of the molecule is O=C(O)c1cc[nH+]cc1. The zero-order chi connectivity index (χ0) is 6.69. The van der Waals surface area contributed by atoms with Crippen molar-refractivity contribution in [3.05, 3.63) is 30.1 Å². The molecule has 0 amide bonds. The molecule has 0 aliphatic carbocycles. The number of hydrogen-bond acceptors (Lipinski definition) is 1. The Balaban J connectivity index is 2.98. The Morgan fingerprint density at radius 1 is 1.44 bits per heavy atom. The maximum atomic E-state index is 10.2. The highest BCUT2D eigenvalue weighted by Crippen LogP contribution is 1.91. The van der Waals surface area contributed by atoms with E-state index >= 15 is 0 Å². The number of hydrogen-bond donors (Lipinski definition) is 1. The Morgan fingerprint density at radius 3 is 2.33 bits per heavy atom. The van der Waals surface area contributed by atoms with Crippen molar-refractivity contribution in [3.8, 4) is 0 Å². The summed E-state index contributed by atoms with van der Waals surface area (Å²) in [6, 6.07) is 3.00. The molecule has 0 radical (unpaired) electrons. The first kappa shape index (κ1) is 5.75. The lowest BCUT2D eigenvalue weighted by atomic mass is 10.3. The van der Waals surface area contributed by atoms with Crippen molar-refractivity contribution < 1.29 is 14.9 Å². The summed E-state index contributed by atoms with van der Waals surface area (Å²) in [5.74, 6) is -0.899. The van der Waals surface area contributed by atoms with Gasteiger partial charge in [0.25, 0.3) is 0 Å². The number of H-pyrrole nitrogens is 1. The second-order valence-corrected chi connectivity index (χ2v) is 1.59. The van der Waals surface area contributed by atoms with E-state index in [1.54, 1.807) is 12.4 Å². The number of rotatable bonds is 1. The van der Waals surface area contributed by atoms with Crippen LogP contribution in [0.15, 0.2) is 24.5 Å². The summed E-state index contributed by atoms with van der Waals surface area (Å²) in [6.45, 7) is 0. The predicted octanol–water partition coefficient (Wildman–Crippen LogP) is 0.199. The van der Waals surface area contributed by atoms with Crippen molar-refractivity contribution in [2.45, 2.75) is 0 Å². The molecule has 1 aromatic rings. The molecule has 2 N–H and O–H groups in total. The largest absolute Gasteiger partial charge is 0.478 e. The first-order valence-corrected chi connectivity index (χ1v) is 2.50. The molecule has 3 nitrogen and oxygen atoms in total. The third-order valence-electron chi connectivity index (χ3n) is 0.965. The molecule has 0 aliphatic rings. The molecule has 1 aromatic heterocycles. The Morgan fingerprint density at radius 2 is 2.00 bits per heavy atom. The van der Waals surface area contributed by atoms with Crippen molar-refractivity contribution in [2.24, 2.45) is 0 Å². The van der Waals surface area contributed by atoms with Crippen LogP contribution >= 0.6 is 0 Å². The summed E-state index contributed by atoms with van der Waals surface area (Å²) >= 11 is 0. The molecule has 0 fully saturated rings. The number of carboxylic acid groups (broad SMARTS) is 1. The first-order valence-electron chi connectivity index (χ1n) is 2.50. The van der Waals surface area contributed by atoms with Crippen LogP contribution in [0.3, 0.4) is 0 Å². The molecule has 0 aliphatic heterocycles. The highest BCUT2D eigenvalue weighted by Gasteiger charge is 1.99. The van der Waals surface area contributed by atoms with Crippen LogP contribution in [-0.4, -0.2) is 11.1 Å².